The molecule has 5 rings (SSSR count). The van der Waals surface area contributed by atoms with Crippen LogP contribution in [0, 0.1) is 11.6 Å². The van der Waals surface area contributed by atoms with Gasteiger partial charge in [-0.2, -0.15) is 5.10 Å². The molecule has 0 spiro atoms. The Bertz CT molecular complexity index is 1810. The number of anilines is 2. The number of hydrogen-bond acceptors (Lipinski definition) is 8. The molecule has 45 heavy (non-hydrogen) atoms. The van der Waals surface area contributed by atoms with Crippen LogP contribution in [0.2, 0.25) is 5.02 Å². The Hall–Kier alpha value is -3.52. The number of halogens is 3. The number of nitrogens with one attached hydrogen (secondary N) is 2. The summed E-state index contributed by atoms with van der Waals surface area (Å²) in [5.74, 6) is -1.35. The van der Waals surface area contributed by atoms with Crippen molar-refractivity contribution in [3.63, 3.8) is 0 Å². The van der Waals surface area contributed by atoms with Gasteiger partial charge in [0.05, 0.1) is 35.3 Å². The first kappa shape index (κ1) is 32.9. The van der Waals surface area contributed by atoms with Gasteiger partial charge >= 0.3 is 0 Å². The quantitative estimate of drug-likeness (QED) is 0.160. The van der Waals surface area contributed by atoms with Gasteiger partial charge in [-0.05, 0) is 69.2 Å². The van der Waals surface area contributed by atoms with Crippen LogP contribution in [0.3, 0.4) is 0 Å². The Balaban J connectivity index is 1.52. The Kier molecular flexibility index (Phi) is 9.83. The van der Waals surface area contributed by atoms with Crippen molar-refractivity contribution >= 4 is 44.0 Å². The number of aromatic nitrogens is 3. The van der Waals surface area contributed by atoms with Gasteiger partial charge in [-0.1, -0.05) is 11.6 Å². The topological polar surface area (TPSA) is 133 Å². The van der Waals surface area contributed by atoms with Gasteiger partial charge in [0.25, 0.3) is 10.0 Å². The first-order chi connectivity index (χ1) is 21.4. The van der Waals surface area contributed by atoms with Crippen molar-refractivity contribution in [2.45, 2.75) is 62.4 Å². The number of sulfonamides is 1. The standard InChI is InChI=1S/C31H37ClF2N6O4S/c1-17(2)40-30-22(18-5-7-19(8-6-18)36-11-12-43-3)16-37-31(35)28(30)29(38-40)21-14-25(34)26(15-24(21)33)39-45(41,42)27-13-20(44-4)9-10-23(27)32/h9-10,13-19,36,39H,5-8,11-12H2,1-4H3,(H2,35,37). The molecule has 4 N–H and O–H groups in total. The smallest absolute Gasteiger partial charge is 0.263 e. The van der Waals surface area contributed by atoms with Crippen molar-refractivity contribution in [3.8, 4) is 17.0 Å². The van der Waals surface area contributed by atoms with Gasteiger partial charge in [-0.25, -0.2) is 22.2 Å². The molecule has 14 heteroatoms. The Morgan fingerprint density at radius 3 is 2.51 bits per heavy atom. The minimum atomic E-state index is -4.40. The van der Waals surface area contributed by atoms with Crippen molar-refractivity contribution in [2.75, 3.05) is 37.8 Å². The molecule has 1 saturated carbocycles. The number of fused-ring (bicyclic) bond motifs is 1. The maximum absolute atomic E-state index is 15.8. The maximum Gasteiger partial charge on any atom is 0.263 e. The third kappa shape index (κ3) is 6.71. The normalized spacial score (nSPS) is 17.2. The first-order valence-corrected chi connectivity index (χ1v) is 16.6. The van der Waals surface area contributed by atoms with E-state index in [0.29, 0.717) is 18.0 Å². The molecule has 0 aliphatic heterocycles. The van der Waals surface area contributed by atoms with E-state index in [0.717, 1.165) is 55.4 Å². The summed E-state index contributed by atoms with van der Waals surface area (Å²) in [5.41, 5.74) is 7.44. The van der Waals surface area contributed by atoms with E-state index < -0.39 is 27.3 Å². The summed E-state index contributed by atoms with van der Waals surface area (Å²) < 4.78 is 71.6. The van der Waals surface area contributed by atoms with E-state index in [1.54, 1.807) is 18.0 Å². The van der Waals surface area contributed by atoms with Crippen molar-refractivity contribution in [1.82, 2.24) is 20.1 Å². The highest BCUT2D eigenvalue weighted by molar-refractivity contribution is 7.92. The first-order valence-electron chi connectivity index (χ1n) is 14.7. The summed E-state index contributed by atoms with van der Waals surface area (Å²) in [7, 11) is -1.35. The molecule has 2 aromatic heterocycles. The van der Waals surface area contributed by atoms with E-state index in [1.165, 1.54) is 25.3 Å². The van der Waals surface area contributed by atoms with Gasteiger partial charge in [0.2, 0.25) is 0 Å². The second-order valence-corrected chi connectivity index (χ2v) is 13.5. The van der Waals surface area contributed by atoms with Gasteiger partial charge < -0.3 is 20.5 Å². The summed E-state index contributed by atoms with van der Waals surface area (Å²) in [6.07, 6.45) is 5.55. The average Bonchev–Trinajstić information content (AvgIpc) is 3.41. The molecule has 1 fully saturated rings. The number of nitrogen functional groups attached to an aromatic ring is 1. The van der Waals surface area contributed by atoms with Crippen molar-refractivity contribution < 1.29 is 26.7 Å². The molecule has 0 saturated heterocycles. The number of methoxy groups -OCH3 is 2. The van der Waals surface area contributed by atoms with E-state index in [1.807, 2.05) is 13.8 Å². The van der Waals surface area contributed by atoms with Crippen molar-refractivity contribution in [3.05, 3.63) is 58.7 Å². The van der Waals surface area contributed by atoms with Crippen LogP contribution >= 0.6 is 11.6 Å². The molecule has 0 radical (unpaired) electrons. The van der Waals surface area contributed by atoms with Crippen molar-refractivity contribution in [2.24, 2.45) is 0 Å². The number of hydrogen-bond donors (Lipinski definition) is 3. The highest BCUT2D eigenvalue weighted by Gasteiger charge is 2.30. The van der Waals surface area contributed by atoms with Gasteiger partial charge in [0, 0.05) is 49.6 Å². The lowest BCUT2D eigenvalue weighted by molar-refractivity contribution is 0.191. The van der Waals surface area contributed by atoms with Crippen LogP contribution in [-0.4, -0.2) is 56.6 Å². The molecule has 0 bridgehead atoms. The largest absolute Gasteiger partial charge is 0.497 e. The molecule has 1 aliphatic carbocycles. The molecule has 0 unspecified atom stereocenters. The van der Waals surface area contributed by atoms with Gasteiger partial charge in [0.1, 0.15) is 33.8 Å². The summed E-state index contributed by atoms with van der Waals surface area (Å²) in [4.78, 5) is 4.11. The number of nitrogens with two attached hydrogens (primary N) is 1. The summed E-state index contributed by atoms with van der Waals surface area (Å²) >= 11 is 6.10. The maximum atomic E-state index is 15.8. The van der Waals surface area contributed by atoms with E-state index >= 15 is 8.78 Å². The number of rotatable bonds is 11. The van der Waals surface area contributed by atoms with E-state index in [4.69, 9.17) is 31.9 Å². The molecule has 1 aliphatic rings. The number of ether oxygens (including phenoxy) is 2. The molecule has 2 heterocycles. The summed E-state index contributed by atoms with van der Waals surface area (Å²) in [5, 5.41) is 8.57. The Morgan fingerprint density at radius 2 is 1.84 bits per heavy atom. The van der Waals surface area contributed by atoms with Crippen LogP contribution in [0.4, 0.5) is 20.3 Å². The number of benzene rings is 2. The fraction of sp³-hybridized carbons (Fsp3) is 0.419. The molecule has 242 valence electrons. The second kappa shape index (κ2) is 13.5. The average molecular weight is 663 g/mol. The van der Waals surface area contributed by atoms with Crippen LogP contribution in [0.15, 0.2) is 41.4 Å². The fourth-order valence-corrected chi connectivity index (χ4v) is 7.45. The van der Waals surface area contributed by atoms with Crippen LogP contribution in [0.5, 0.6) is 5.75 Å². The van der Waals surface area contributed by atoms with E-state index in [2.05, 4.69) is 15.0 Å². The number of nitrogens with zero attached hydrogens (tertiary/aromatic N) is 3. The molecule has 0 atom stereocenters. The minimum absolute atomic E-state index is 0.110. The van der Waals surface area contributed by atoms with Gasteiger partial charge in [0.15, 0.2) is 0 Å². The zero-order chi connectivity index (χ0) is 32.5. The van der Waals surface area contributed by atoms with Crippen molar-refractivity contribution in [1.29, 1.82) is 0 Å². The summed E-state index contributed by atoms with van der Waals surface area (Å²) in [6.45, 7) is 5.34. The van der Waals surface area contributed by atoms with Crippen LogP contribution in [0.1, 0.15) is 57.1 Å². The molecule has 10 nitrogen and oxygen atoms in total. The highest BCUT2D eigenvalue weighted by Crippen LogP contribution is 2.42. The lowest BCUT2D eigenvalue weighted by atomic mass is 9.81. The van der Waals surface area contributed by atoms with Crippen LogP contribution in [-0.2, 0) is 14.8 Å². The zero-order valence-electron chi connectivity index (χ0n) is 25.5. The predicted octanol–water partition coefficient (Wildman–Crippen LogP) is 6.26. The monoisotopic (exact) mass is 662 g/mol. The van der Waals surface area contributed by atoms with Crippen LogP contribution in [0.25, 0.3) is 22.2 Å². The van der Waals surface area contributed by atoms with Gasteiger partial charge in [-0.3, -0.25) is 9.40 Å². The third-order valence-electron chi connectivity index (χ3n) is 8.16. The lowest BCUT2D eigenvalue weighted by Crippen LogP contribution is -2.34. The Morgan fingerprint density at radius 1 is 1.11 bits per heavy atom. The minimum Gasteiger partial charge on any atom is -0.497 e. The van der Waals surface area contributed by atoms with E-state index in [9.17, 15) is 8.42 Å². The molecule has 2 aromatic carbocycles. The van der Waals surface area contributed by atoms with Gasteiger partial charge in [-0.15, -0.1) is 0 Å². The number of pyridine rings is 1. The lowest BCUT2D eigenvalue weighted by Gasteiger charge is -2.30. The SMILES string of the molecule is COCCNC1CCC(c2cnc(N)c3c(-c4cc(F)c(NS(=O)(=O)c5cc(OC)ccc5Cl)cc4F)nn(C(C)C)c23)CC1. The zero-order valence-corrected chi connectivity index (χ0v) is 27.1. The summed E-state index contributed by atoms with van der Waals surface area (Å²) in [6, 6.07) is 5.97. The second-order valence-electron chi connectivity index (χ2n) is 11.4. The Labute approximate surface area is 266 Å². The highest BCUT2D eigenvalue weighted by atomic mass is 35.5. The fourth-order valence-electron chi connectivity index (χ4n) is 5.88. The molecule has 0 amide bonds. The molecular weight excluding hydrogens is 626 g/mol. The molecule has 4 aromatic rings. The van der Waals surface area contributed by atoms with E-state index in [-0.39, 0.29) is 44.7 Å². The third-order valence-corrected chi connectivity index (χ3v) is 10.0. The van der Waals surface area contributed by atoms with Crippen LogP contribution < -0.4 is 20.5 Å². The predicted molar refractivity (Wildman–Crippen MR) is 171 cm³/mol. The molecular formula is C31H37ClF2N6O4S.